The van der Waals surface area contributed by atoms with Gasteiger partial charge in [0.25, 0.3) is 5.91 Å². The van der Waals surface area contributed by atoms with Crippen LogP contribution >= 0.6 is 0 Å². The van der Waals surface area contributed by atoms with Gasteiger partial charge in [-0.15, -0.1) is 0 Å². The van der Waals surface area contributed by atoms with E-state index in [9.17, 15) is 24.6 Å². The number of piperazine rings is 1. The lowest BCUT2D eigenvalue weighted by molar-refractivity contribution is -0.157. The molecule has 4 aliphatic carbocycles. The van der Waals surface area contributed by atoms with Crippen molar-refractivity contribution in [1.29, 1.82) is 0 Å². The van der Waals surface area contributed by atoms with E-state index in [4.69, 9.17) is 4.74 Å². The molecule has 4 saturated carbocycles. The van der Waals surface area contributed by atoms with Crippen LogP contribution in [-0.2, 0) is 19.1 Å². The Morgan fingerprint density at radius 3 is 2.36 bits per heavy atom. The molecule has 6 fully saturated rings. The average Bonchev–Trinajstić information content (AvgIpc) is 3.64. The monoisotopic (exact) mass is 653 g/mol. The van der Waals surface area contributed by atoms with Crippen LogP contribution in [0.15, 0.2) is 11.8 Å². The van der Waals surface area contributed by atoms with E-state index < -0.39 is 11.6 Å². The van der Waals surface area contributed by atoms with E-state index in [1.165, 1.54) is 38.2 Å². The number of carbonyl (C=O) groups excluding carboxylic acids is 3. The van der Waals surface area contributed by atoms with E-state index in [1.54, 1.807) is 4.90 Å². The van der Waals surface area contributed by atoms with Crippen molar-refractivity contribution in [3.63, 3.8) is 0 Å². The van der Waals surface area contributed by atoms with Crippen molar-refractivity contribution in [2.45, 2.75) is 135 Å². The van der Waals surface area contributed by atoms with Gasteiger partial charge < -0.3 is 24.7 Å². The van der Waals surface area contributed by atoms with Crippen LogP contribution < -0.4 is 0 Å². The fraction of sp³-hybridized carbons (Fsp3) is 0.868. The lowest BCUT2D eigenvalue weighted by atomic mass is 9.44. The zero-order chi connectivity index (χ0) is 33.5. The molecule has 0 radical (unpaired) electrons. The minimum Gasteiger partial charge on any atom is -0.481 e. The Kier molecular flexibility index (Phi) is 8.64. The van der Waals surface area contributed by atoms with E-state index in [0.29, 0.717) is 49.7 Å². The lowest BCUT2D eigenvalue weighted by Crippen LogP contribution is -2.63. The molecule has 0 spiro atoms. The van der Waals surface area contributed by atoms with Crippen LogP contribution in [-0.4, -0.2) is 105 Å². The maximum atomic E-state index is 13.8. The number of ether oxygens (including phenoxy) is 1. The molecule has 9 nitrogen and oxygen atoms in total. The van der Waals surface area contributed by atoms with Gasteiger partial charge in [-0.3, -0.25) is 19.3 Å². The minimum atomic E-state index is -0.735. The molecular weight excluding hydrogens is 594 g/mol. The quantitative estimate of drug-likeness (QED) is 0.469. The number of allylic oxidation sites excluding steroid dienone is 1. The first-order chi connectivity index (χ1) is 22.2. The molecule has 11 atom stereocenters. The summed E-state index contributed by atoms with van der Waals surface area (Å²) < 4.78 is 5.89. The van der Waals surface area contributed by atoms with Crippen LogP contribution in [0.3, 0.4) is 0 Å². The Bertz CT molecular complexity index is 1290. The summed E-state index contributed by atoms with van der Waals surface area (Å²) in [5.41, 5.74) is -0.273. The first kappa shape index (κ1) is 33.5. The molecule has 0 unspecified atom stereocenters. The molecule has 0 aromatic heterocycles. The third kappa shape index (κ3) is 5.68. The zero-order valence-corrected chi connectivity index (χ0v) is 29.5. The highest BCUT2D eigenvalue weighted by Crippen LogP contribution is 2.68. The fourth-order valence-electron chi connectivity index (χ4n) is 12.5. The number of fused-ring (bicyclic) bond motifs is 5. The third-order valence-electron chi connectivity index (χ3n) is 14.7. The van der Waals surface area contributed by atoms with Crippen molar-refractivity contribution in [1.82, 2.24) is 14.7 Å². The molecule has 262 valence electrons. The lowest BCUT2D eigenvalue weighted by Gasteiger charge is -2.63. The van der Waals surface area contributed by atoms with E-state index in [2.05, 4.69) is 18.7 Å². The van der Waals surface area contributed by atoms with Crippen LogP contribution in [0.25, 0.3) is 0 Å². The summed E-state index contributed by atoms with van der Waals surface area (Å²) in [4.78, 5) is 45.6. The van der Waals surface area contributed by atoms with Gasteiger partial charge in [-0.1, -0.05) is 13.8 Å². The standard InChI is InChI=1S/C38H59N3O6/c1-23(42)27-10-11-28-26-9-8-24-19-32(44)31(22-38(24,5)29(26)12-13-37(27,28)4)39-15-17-40(18-16-39)34(45)30-7-6-14-41(30)35(46)33-20-25(43)21-36(2,3)47-33/h20,23-24,26-32,42,44H,6-19,21-22H2,1-5H3/t23-,24+,26+,27-,28+,29+,30+,31+,32+,37-,38+/m1/s1. The predicted octanol–water partition coefficient (Wildman–Crippen LogP) is 4.15. The van der Waals surface area contributed by atoms with Gasteiger partial charge in [-0.05, 0) is 125 Å². The summed E-state index contributed by atoms with van der Waals surface area (Å²) in [5.74, 6) is 2.64. The molecule has 47 heavy (non-hydrogen) atoms. The van der Waals surface area contributed by atoms with Crippen molar-refractivity contribution in [3.8, 4) is 0 Å². The van der Waals surface area contributed by atoms with E-state index in [0.717, 1.165) is 44.7 Å². The van der Waals surface area contributed by atoms with Crippen molar-refractivity contribution in [2.75, 3.05) is 32.7 Å². The number of carbonyl (C=O) groups is 3. The van der Waals surface area contributed by atoms with Gasteiger partial charge in [0.1, 0.15) is 11.6 Å². The molecule has 0 aromatic carbocycles. The van der Waals surface area contributed by atoms with Gasteiger partial charge in [-0.2, -0.15) is 0 Å². The van der Waals surface area contributed by atoms with Gasteiger partial charge in [0.2, 0.25) is 5.91 Å². The zero-order valence-electron chi connectivity index (χ0n) is 29.5. The molecule has 7 rings (SSSR count). The van der Waals surface area contributed by atoms with Gasteiger partial charge in [0, 0.05) is 51.3 Å². The largest absolute Gasteiger partial charge is 0.481 e. The van der Waals surface area contributed by atoms with Crippen LogP contribution in [0.4, 0.5) is 0 Å². The first-order valence-corrected chi connectivity index (χ1v) is 18.9. The maximum absolute atomic E-state index is 13.8. The Morgan fingerprint density at radius 2 is 1.66 bits per heavy atom. The second-order valence-corrected chi connectivity index (χ2v) is 17.7. The number of aliphatic hydroxyl groups excluding tert-OH is 2. The third-order valence-corrected chi connectivity index (χ3v) is 14.7. The molecule has 0 bridgehead atoms. The number of hydrogen-bond acceptors (Lipinski definition) is 7. The molecule has 3 aliphatic heterocycles. The number of likely N-dealkylation sites (tertiary alicyclic amines) is 1. The summed E-state index contributed by atoms with van der Waals surface area (Å²) in [7, 11) is 0. The van der Waals surface area contributed by atoms with Crippen LogP contribution in [0.1, 0.15) is 105 Å². The molecule has 7 aliphatic rings. The molecule has 3 heterocycles. The Morgan fingerprint density at radius 1 is 0.936 bits per heavy atom. The van der Waals surface area contributed by atoms with Gasteiger partial charge in [0.15, 0.2) is 11.5 Å². The maximum Gasteiger partial charge on any atom is 0.289 e. The SMILES string of the molecule is C[C@@H](O)[C@H]1CC[C@H]2[C@@H]3CC[C@H]4C[C@H](O)[C@@H](N5CCN(C(=O)[C@@H]6CCCN6C(=O)C6=CC(=O)CC(C)(C)O6)CC5)C[C@]4(C)[C@H]3CC[C@]12C. The van der Waals surface area contributed by atoms with Crippen LogP contribution in [0.2, 0.25) is 0 Å². The van der Waals surface area contributed by atoms with Crippen LogP contribution in [0, 0.1) is 40.4 Å². The minimum absolute atomic E-state index is 0.0128. The van der Waals surface area contributed by atoms with Crippen molar-refractivity contribution >= 4 is 17.6 Å². The van der Waals surface area contributed by atoms with E-state index >= 15 is 0 Å². The van der Waals surface area contributed by atoms with Gasteiger partial charge in [0.05, 0.1) is 12.2 Å². The fourth-order valence-corrected chi connectivity index (χ4v) is 12.5. The van der Waals surface area contributed by atoms with Crippen molar-refractivity contribution < 1.29 is 29.3 Å². The summed E-state index contributed by atoms with van der Waals surface area (Å²) in [6.45, 7) is 13.8. The highest BCUT2D eigenvalue weighted by Gasteiger charge is 2.62. The number of aliphatic hydroxyl groups is 2. The molecule has 2 N–H and O–H groups in total. The predicted molar refractivity (Wildman–Crippen MR) is 178 cm³/mol. The molecule has 9 heteroatoms. The molecule has 0 aromatic rings. The number of ketones is 1. The number of hydrogen-bond donors (Lipinski definition) is 2. The average molecular weight is 654 g/mol. The van der Waals surface area contributed by atoms with Crippen molar-refractivity contribution in [3.05, 3.63) is 11.8 Å². The first-order valence-electron chi connectivity index (χ1n) is 18.9. The number of nitrogens with zero attached hydrogens (tertiary/aromatic N) is 3. The second kappa shape index (κ2) is 12.1. The normalized spacial score (nSPS) is 44.1. The van der Waals surface area contributed by atoms with Crippen LogP contribution in [0.5, 0.6) is 0 Å². The summed E-state index contributed by atoms with van der Waals surface area (Å²) >= 11 is 0. The molecular formula is C38H59N3O6. The molecule has 2 amide bonds. The Hall–Kier alpha value is -1.97. The highest BCUT2D eigenvalue weighted by atomic mass is 16.5. The number of rotatable bonds is 4. The summed E-state index contributed by atoms with van der Waals surface area (Å²) in [6, 6.07) is -0.422. The van der Waals surface area contributed by atoms with E-state index in [1.807, 2.05) is 25.7 Å². The number of amides is 2. The highest BCUT2D eigenvalue weighted by molar-refractivity contribution is 6.03. The Labute approximate surface area is 281 Å². The van der Waals surface area contributed by atoms with E-state index in [-0.39, 0.29) is 58.9 Å². The Balaban J connectivity index is 0.994. The summed E-state index contributed by atoms with van der Waals surface area (Å²) in [5, 5.41) is 22.2. The smallest absolute Gasteiger partial charge is 0.289 e. The molecule has 2 saturated heterocycles. The second-order valence-electron chi connectivity index (χ2n) is 17.7. The van der Waals surface area contributed by atoms with Crippen molar-refractivity contribution in [2.24, 2.45) is 40.4 Å². The summed E-state index contributed by atoms with van der Waals surface area (Å²) in [6.07, 6.45) is 11.6. The topological polar surface area (TPSA) is 111 Å². The van der Waals surface area contributed by atoms with Gasteiger partial charge in [-0.25, -0.2) is 0 Å². The van der Waals surface area contributed by atoms with Gasteiger partial charge >= 0.3 is 0 Å².